The quantitative estimate of drug-likeness (QED) is 0.569. The molecule has 0 aliphatic rings. The Morgan fingerprint density at radius 2 is 1.72 bits per heavy atom. The fourth-order valence-corrected chi connectivity index (χ4v) is 2.45. The predicted octanol–water partition coefficient (Wildman–Crippen LogP) is 2.51. The lowest BCUT2D eigenvalue weighted by atomic mass is 10.2. The Balaban J connectivity index is 2.45. The van der Waals surface area contributed by atoms with E-state index in [0.717, 1.165) is 38.0 Å². The van der Waals surface area contributed by atoms with Crippen LogP contribution in [0.4, 0.5) is 5.69 Å². The van der Waals surface area contributed by atoms with Crippen LogP contribution in [0.3, 0.4) is 0 Å². The van der Waals surface area contributed by atoms with Crippen LogP contribution in [-0.4, -0.2) is 56.6 Å². The molecule has 0 aliphatic carbocycles. The van der Waals surface area contributed by atoms with Gasteiger partial charge < -0.3 is 20.3 Å². The number of amides is 2. The smallest absolute Gasteiger partial charge is 0.251 e. The normalized spacial score (nSPS) is 10.4. The van der Waals surface area contributed by atoms with Crippen LogP contribution in [0, 0.1) is 0 Å². The average molecular weight is 349 g/mol. The van der Waals surface area contributed by atoms with Crippen molar-refractivity contribution in [3.05, 3.63) is 29.8 Å². The van der Waals surface area contributed by atoms with Gasteiger partial charge in [-0.1, -0.05) is 13.8 Å². The zero-order chi connectivity index (χ0) is 18.5. The number of ether oxygens (including phenoxy) is 1. The molecule has 0 spiro atoms. The predicted molar refractivity (Wildman–Crippen MR) is 101 cm³/mol. The van der Waals surface area contributed by atoms with Gasteiger partial charge in [0.25, 0.3) is 5.91 Å². The lowest BCUT2D eigenvalue weighted by Crippen LogP contribution is -2.36. The van der Waals surface area contributed by atoms with Gasteiger partial charge in [-0.25, -0.2) is 0 Å². The van der Waals surface area contributed by atoms with Crippen molar-refractivity contribution in [3.8, 4) is 0 Å². The molecular formula is C19H31N3O3. The molecule has 1 rings (SSSR count). The number of benzene rings is 1. The van der Waals surface area contributed by atoms with Crippen molar-refractivity contribution < 1.29 is 14.3 Å². The van der Waals surface area contributed by atoms with E-state index in [-0.39, 0.29) is 18.4 Å². The summed E-state index contributed by atoms with van der Waals surface area (Å²) >= 11 is 0. The number of methoxy groups -OCH3 is 1. The number of nitrogens with one attached hydrogen (secondary N) is 2. The van der Waals surface area contributed by atoms with Crippen molar-refractivity contribution >= 4 is 17.5 Å². The van der Waals surface area contributed by atoms with Crippen molar-refractivity contribution in [2.75, 3.05) is 45.2 Å². The highest BCUT2D eigenvalue weighted by atomic mass is 16.5. The number of hydrogen-bond donors (Lipinski definition) is 2. The van der Waals surface area contributed by atoms with Gasteiger partial charge in [-0.05, 0) is 43.5 Å². The molecule has 0 bridgehead atoms. The molecule has 1 aromatic carbocycles. The molecule has 2 amide bonds. The first-order valence-electron chi connectivity index (χ1n) is 9.01. The number of hydrogen-bond acceptors (Lipinski definition) is 4. The highest BCUT2D eigenvalue weighted by Crippen LogP contribution is 2.09. The minimum atomic E-state index is -0.101. The summed E-state index contributed by atoms with van der Waals surface area (Å²) in [5.74, 6) is -0.000501. The average Bonchev–Trinajstić information content (AvgIpc) is 2.63. The summed E-state index contributed by atoms with van der Waals surface area (Å²) in [6.45, 7) is 7.20. The third-order valence-electron chi connectivity index (χ3n) is 3.74. The molecule has 1 aromatic rings. The van der Waals surface area contributed by atoms with E-state index in [1.54, 1.807) is 19.2 Å². The summed E-state index contributed by atoms with van der Waals surface area (Å²) in [6, 6.07) is 7.16. The minimum absolute atomic E-state index is 0.101. The van der Waals surface area contributed by atoms with Crippen molar-refractivity contribution in [1.29, 1.82) is 0 Å². The van der Waals surface area contributed by atoms with E-state index in [0.29, 0.717) is 18.7 Å². The number of carbonyl (C=O) groups excluding carboxylic acids is 2. The topological polar surface area (TPSA) is 70.7 Å². The molecule has 25 heavy (non-hydrogen) atoms. The highest BCUT2D eigenvalue weighted by Gasteiger charge is 2.11. The van der Waals surface area contributed by atoms with Gasteiger partial charge in [-0.2, -0.15) is 0 Å². The van der Waals surface area contributed by atoms with Gasteiger partial charge in [0.1, 0.15) is 0 Å². The van der Waals surface area contributed by atoms with Crippen LogP contribution >= 0.6 is 0 Å². The Bertz CT molecular complexity index is 511. The maximum absolute atomic E-state index is 12.2. The lowest BCUT2D eigenvalue weighted by molar-refractivity contribution is -0.129. The van der Waals surface area contributed by atoms with E-state index < -0.39 is 0 Å². The number of anilines is 1. The second-order valence-electron chi connectivity index (χ2n) is 5.91. The van der Waals surface area contributed by atoms with E-state index in [2.05, 4.69) is 24.5 Å². The number of rotatable bonds is 12. The van der Waals surface area contributed by atoms with E-state index in [9.17, 15) is 9.59 Å². The lowest BCUT2D eigenvalue weighted by Gasteiger charge is -2.21. The van der Waals surface area contributed by atoms with Crippen molar-refractivity contribution in [2.24, 2.45) is 0 Å². The van der Waals surface area contributed by atoms with Crippen LogP contribution in [0.25, 0.3) is 0 Å². The third-order valence-corrected chi connectivity index (χ3v) is 3.74. The molecule has 0 atom stereocenters. The summed E-state index contributed by atoms with van der Waals surface area (Å²) in [5.41, 5.74) is 1.44. The Labute approximate surface area is 150 Å². The zero-order valence-electron chi connectivity index (χ0n) is 15.6. The summed E-state index contributed by atoms with van der Waals surface area (Å²) in [7, 11) is 1.64. The molecule has 0 aromatic heterocycles. The molecule has 140 valence electrons. The van der Waals surface area contributed by atoms with Gasteiger partial charge >= 0.3 is 0 Å². The monoisotopic (exact) mass is 349 g/mol. The van der Waals surface area contributed by atoms with E-state index in [1.165, 1.54) is 0 Å². The number of carbonyl (C=O) groups is 2. The molecule has 6 nitrogen and oxygen atoms in total. The van der Waals surface area contributed by atoms with Crippen molar-refractivity contribution in [2.45, 2.75) is 33.1 Å². The van der Waals surface area contributed by atoms with Crippen LogP contribution < -0.4 is 10.6 Å². The van der Waals surface area contributed by atoms with Gasteiger partial charge in [-0.3, -0.25) is 9.59 Å². The Morgan fingerprint density at radius 3 is 2.28 bits per heavy atom. The van der Waals surface area contributed by atoms with Gasteiger partial charge in [-0.15, -0.1) is 0 Å². The Hall–Kier alpha value is -2.08. The third kappa shape index (κ3) is 8.03. The zero-order valence-corrected chi connectivity index (χ0v) is 15.6. The summed E-state index contributed by atoms with van der Waals surface area (Å²) in [5, 5.41) is 5.97. The largest absolute Gasteiger partial charge is 0.385 e. The van der Waals surface area contributed by atoms with E-state index >= 15 is 0 Å². The van der Waals surface area contributed by atoms with Crippen LogP contribution in [0.2, 0.25) is 0 Å². The SMILES string of the molecule is CCCN(CCC)C(=O)CNc1ccc(C(=O)NCCCOC)cc1. The Morgan fingerprint density at radius 1 is 1.08 bits per heavy atom. The fourth-order valence-electron chi connectivity index (χ4n) is 2.45. The van der Waals surface area contributed by atoms with Crippen LogP contribution in [-0.2, 0) is 9.53 Å². The molecule has 0 fully saturated rings. The summed E-state index contributed by atoms with van der Waals surface area (Å²) in [4.78, 5) is 26.1. The molecule has 0 saturated heterocycles. The summed E-state index contributed by atoms with van der Waals surface area (Å²) in [6.07, 6.45) is 2.70. The highest BCUT2D eigenvalue weighted by molar-refractivity contribution is 5.94. The molecule has 0 saturated carbocycles. The van der Waals surface area contributed by atoms with Gasteiger partial charge in [0.05, 0.1) is 6.54 Å². The second kappa shape index (κ2) is 12.3. The minimum Gasteiger partial charge on any atom is -0.385 e. The number of nitrogens with zero attached hydrogens (tertiary/aromatic N) is 1. The Kier molecular flexibility index (Phi) is 10.3. The fraction of sp³-hybridized carbons (Fsp3) is 0.579. The molecule has 0 radical (unpaired) electrons. The maximum Gasteiger partial charge on any atom is 0.251 e. The van der Waals surface area contributed by atoms with Crippen LogP contribution in [0.1, 0.15) is 43.5 Å². The molecule has 0 aliphatic heterocycles. The van der Waals surface area contributed by atoms with Gasteiger partial charge in [0.2, 0.25) is 5.91 Å². The first kappa shape index (κ1) is 21.0. The maximum atomic E-state index is 12.2. The van der Waals surface area contributed by atoms with E-state index in [1.807, 2.05) is 17.0 Å². The molecular weight excluding hydrogens is 318 g/mol. The molecule has 2 N–H and O–H groups in total. The molecule has 0 heterocycles. The summed E-state index contributed by atoms with van der Waals surface area (Å²) < 4.78 is 4.95. The van der Waals surface area contributed by atoms with Gasteiger partial charge in [0.15, 0.2) is 0 Å². The van der Waals surface area contributed by atoms with E-state index in [4.69, 9.17) is 4.74 Å². The van der Waals surface area contributed by atoms with Gasteiger partial charge in [0, 0.05) is 44.6 Å². The van der Waals surface area contributed by atoms with Crippen LogP contribution in [0.5, 0.6) is 0 Å². The standard InChI is InChI=1S/C19H31N3O3/c1-4-12-22(13-5-2)18(23)15-21-17-9-7-16(8-10-17)19(24)20-11-6-14-25-3/h7-10,21H,4-6,11-15H2,1-3H3,(H,20,24). The molecule has 6 heteroatoms. The van der Waals surface area contributed by atoms with Crippen molar-refractivity contribution in [1.82, 2.24) is 10.2 Å². The van der Waals surface area contributed by atoms with Crippen LogP contribution in [0.15, 0.2) is 24.3 Å². The molecule has 0 unspecified atom stereocenters. The first-order valence-corrected chi connectivity index (χ1v) is 9.01. The van der Waals surface area contributed by atoms with Crippen molar-refractivity contribution in [3.63, 3.8) is 0 Å². The second-order valence-corrected chi connectivity index (χ2v) is 5.91. The first-order chi connectivity index (χ1) is 12.1.